The maximum Gasteiger partial charge on any atom is 0.402 e. The highest BCUT2D eigenvalue weighted by Gasteiger charge is 2.11. The van der Waals surface area contributed by atoms with Crippen LogP contribution in [0.4, 0.5) is 9.18 Å². The zero-order valence-electron chi connectivity index (χ0n) is 11.3. The number of nitrogens with two attached hydrogens (primary N) is 1. The summed E-state index contributed by atoms with van der Waals surface area (Å²) in [6, 6.07) is 5.40. The molecule has 20 heavy (non-hydrogen) atoms. The maximum atomic E-state index is 13.1. The molecular formula is C13H19FN2O4. The summed E-state index contributed by atoms with van der Waals surface area (Å²) in [6.07, 6.45) is 3.03. The third-order valence-electron chi connectivity index (χ3n) is 2.52. The third-order valence-corrected chi connectivity index (χ3v) is 2.52. The summed E-state index contributed by atoms with van der Waals surface area (Å²) in [5.74, 6) is -0.0119. The zero-order chi connectivity index (χ0) is 15.4. The minimum absolute atomic E-state index is 0.0119. The predicted octanol–water partition coefficient (Wildman–Crippen LogP) is 2.68. The van der Waals surface area contributed by atoms with E-state index in [-0.39, 0.29) is 12.5 Å². The minimum atomic E-state index is -1.33. The SMILES string of the molecule is COCN=O.Fc1cccc2c1CCCC2.NC(=O)O. The molecule has 112 valence electrons. The Bertz CT molecular complexity index is 423. The molecule has 1 aromatic carbocycles. The number of nitroso groups, excluding NO2 is 1. The van der Waals surface area contributed by atoms with Crippen LogP contribution in [0.1, 0.15) is 24.0 Å². The first-order chi connectivity index (χ1) is 9.52. The summed E-state index contributed by atoms with van der Waals surface area (Å²) < 4.78 is 17.3. The molecule has 1 aliphatic rings. The van der Waals surface area contributed by atoms with Crippen molar-refractivity contribution in [1.82, 2.24) is 0 Å². The number of nitrogens with zero attached hydrogens (tertiary/aromatic N) is 1. The number of aryl methyl sites for hydroxylation is 1. The van der Waals surface area contributed by atoms with Crippen molar-refractivity contribution in [3.8, 4) is 0 Å². The first kappa shape index (κ1) is 18.0. The second kappa shape index (κ2) is 10.9. The van der Waals surface area contributed by atoms with Crippen LogP contribution in [0.25, 0.3) is 0 Å². The molecule has 0 spiro atoms. The largest absolute Gasteiger partial charge is 0.465 e. The van der Waals surface area contributed by atoms with Gasteiger partial charge in [-0.05, 0) is 48.1 Å². The predicted molar refractivity (Wildman–Crippen MR) is 72.9 cm³/mol. The first-order valence-corrected chi connectivity index (χ1v) is 6.05. The summed E-state index contributed by atoms with van der Waals surface area (Å²) in [5.41, 5.74) is 6.20. The Kier molecular flexibility index (Phi) is 9.76. The van der Waals surface area contributed by atoms with Gasteiger partial charge in [-0.2, -0.15) is 0 Å². The van der Waals surface area contributed by atoms with Gasteiger partial charge >= 0.3 is 6.09 Å². The molecule has 0 unspecified atom stereocenters. The van der Waals surface area contributed by atoms with Crippen molar-refractivity contribution in [2.75, 3.05) is 13.8 Å². The van der Waals surface area contributed by atoms with Crippen LogP contribution < -0.4 is 5.73 Å². The molecule has 1 aliphatic carbocycles. The van der Waals surface area contributed by atoms with E-state index in [1.54, 1.807) is 12.1 Å². The van der Waals surface area contributed by atoms with Gasteiger partial charge in [0.2, 0.25) is 0 Å². The van der Waals surface area contributed by atoms with Crippen LogP contribution in [-0.2, 0) is 17.6 Å². The molecule has 7 heteroatoms. The highest BCUT2D eigenvalue weighted by molar-refractivity contribution is 5.61. The summed E-state index contributed by atoms with van der Waals surface area (Å²) >= 11 is 0. The van der Waals surface area contributed by atoms with Crippen molar-refractivity contribution in [2.24, 2.45) is 10.9 Å². The van der Waals surface area contributed by atoms with Gasteiger partial charge in [-0.1, -0.05) is 12.1 Å². The van der Waals surface area contributed by atoms with E-state index in [1.807, 2.05) is 6.07 Å². The van der Waals surface area contributed by atoms with Crippen LogP contribution in [0, 0.1) is 10.7 Å². The number of rotatable bonds is 2. The maximum absolute atomic E-state index is 13.1. The summed E-state index contributed by atoms with van der Waals surface area (Å²) in [6.45, 7) is -0.0417. The van der Waals surface area contributed by atoms with E-state index in [1.165, 1.54) is 19.1 Å². The molecule has 6 nitrogen and oxygen atoms in total. The van der Waals surface area contributed by atoms with Crippen LogP contribution >= 0.6 is 0 Å². The van der Waals surface area contributed by atoms with Gasteiger partial charge in [0.15, 0.2) is 6.73 Å². The van der Waals surface area contributed by atoms with Crippen LogP contribution in [0.2, 0.25) is 0 Å². The lowest BCUT2D eigenvalue weighted by molar-refractivity contribution is 0.205. The van der Waals surface area contributed by atoms with E-state index in [0.29, 0.717) is 0 Å². The fourth-order valence-electron chi connectivity index (χ4n) is 1.79. The Hall–Kier alpha value is -2.02. The molecule has 0 fully saturated rings. The van der Waals surface area contributed by atoms with Crippen LogP contribution in [0.5, 0.6) is 0 Å². The molecule has 0 radical (unpaired) electrons. The number of ether oxygens (including phenoxy) is 1. The van der Waals surface area contributed by atoms with Crippen molar-refractivity contribution in [3.05, 3.63) is 40.1 Å². The normalized spacial score (nSPS) is 11.9. The Morgan fingerprint density at radius 1 is 1.45 bits per heavy atom. The lowest BCUT2D eigenvalue weighted by Crippen LogP contribution is -2.04. The molecule has 0 saturated carbocycles. The monoisotopic (exact) mass is 286 g/mol. The van der Waals surface area contributed by atoms with Crippen molar-refractivity contribution in [2.45, 2.75) is 25.7 Å². The van der Waals surface area contributed by atoms with E-state index < -0.39 is 6.09 Å². The first-order valence-electron chi connectivity index (χ1n) is 6.05. The van der Waals surface area contributed by atoms with Crippen molar-refractivity contribution in [1.29, 1.82) is 0 Å². The number of amides is 1. The Balaban J connectivity index is 0.000000340. The number of primary amides is 1. The van der Waals surface area contributed by atoms with Crippen LogP contribution in [0.15, 0.2) is 23.4 Å². The van der Waals surface area contributed by atoms with Gasteiger partial charge in [-0.25, -0.2) is 9.18 Å². The molecule has 3 N–H and O–H groups in total. The number of hydrogen-bond acceptors (Lipinski definition) is 4. The summed E-state index contributed by atoms with van der Waals surface area (Å²) in [5, 5.41) is 9.58. The van der Waals surface area contributed by atoms with Gasteiger partial charge < -0.3 is 15.6 Å². The Morgan fingerprint density at radius 2 is 2.05 bits per heavy atom. The smallest absolute Gasteiger partial charge is 0.402 e. The zero-order valence-corrected chi connectivity index (χ0v) is 11.3. The van der Waals surface area contributed by atoms with E-state index in [4.69, 9.17) is 14.8 Å². The fourth-order valence-corrected chi connectivity index (χ4v) is 1.79. The fraction of sp³-hybridized carbons (Fsp3) is 0.462. The Morgan fingerprint density at radius 3 is 2.50 bits per heavy atom. The van der Waals surface area contributed by atoms with E-state index >= 15 is 0 Å². The molecule has 0 heterocycles. The molecule has 1 amide bonds. The van der Waals surface area contributed by atoms with Gasteiger partial charge in [0.05, 0.1) is 0 Å². The van der Waals surface area contributed by atoms with Crippen LogP contribution in [0.3, 0.4) is 0 Å². The summed E-state index contributed by atoms with van der Waals surface area (Å²) in [7, 11) is 1.42. The van der Waals surface area contributed by atoms with Crippen molar-refractivity contribution in [3.63, 3.8) is 0 Å². The second-order valence-corrected chi connectivity index (χ2v) is 3.97. The number of halogens is 1. The molecule has 0 saturated heterocycles. The van der Waals surface area contributed by atoms with Gasteiger partial charge in [0.1, 0.15) is 5.82 Å². The lowest BCUT2D eigenvalue weighted by atomic mass is 9.91. The average Bonchev–Trinajstić information content (AvgIpc) is 2.40. The molecule has 0 aromatic heterocycles. The Labute approximate surface area is 116 Å². The standard InChI is InChI=1S/C10H11F.C2H5NO2.CH3NO2/c11-10-7-3-5-8-4-1-2-6-9(8)10;1-5-2-3-4;2-1(3)4/h3,5,7H,1-2,4,6H2;2H2,1H3;2H2,(H,3,4). The number of methoxy groups -OCH3 is 1. The topological polar surface area (TPSA) is 102 Å². The average molecular weight is 286 g/mol. The number of carboxylic acid groups (broad SMARTS) is 1. The molecule has 0 atom stereocenters. The van der Waals surface area contributed by atoms with E-state index in [0.717, 1.165) is 24.8 Å². The minimum Gasteiger partial charge on any atom is -0.465 e. The third kappa shape index (κ3) is 8.15. The highest BCUT2D eigenvalue weighted by atomic mass is 19.1. The molecular weight excluding hydrogens is 267 g/mol. The van der Waals surface area contributed by atoms with Gasteiger partial charge in [-0.3, -0.25) is 0 Å². The lowest BCUT2D eigenvalue weighted by Gasteiger charge is -2.15. The van der Waals surface area contributed by atoms with Gasteiger partial charge in [0, 0.05) is 7.11 Å². The molecule has 1 aromatic rings. The summed E-state index contributed by atoms with van der Waals surface area (Å²) in [4.78, 5) is 17.8. The molecule has 2 rings (SSSR count). The highest BCUT2D eigenvalue weighted by Crippen LogP contribution is 2.22. The van der Waals surface area contributed by atoms with Gasteiger partial charge in [-0.15, -0.1) is 4.91 Å². The molecule has 0 aliphatic heterocycles. The second-order valence-electron chi connectivity index (χ2n) is 3.97. The number of carbonyl (C=O) groups is 1. The van der Waals surface area contributed by atoms with E-state index in [9.17, 15) is 4.39 Å². The molecule has 0 bridgehead atoms. The van der Waals surface area contributed by atoms with Crippen molar-refractivity contribution >= 4 is 6.09 Å². The van der Waals surface area contributed by atoms with E-state index in [2.05, 4.69) is 15.6 Å². The quantitative estimate of drug-likeness (QED) is 0.816. The number of hydrogen-bond donors (Lipinski definition) is 2. The number of benzene rings is 1. The van der Waals surface area contributed by atoms with Crippen LogP contribution in [-0.4, -0.2) is 25.0 Å². The number of fused-ring (bicyclic) bond motifs is 1. The van der Waals surface area contributed by atoms with Gasteiger partial charge in [0.25, 0.3) is 0 Å². The van der Waals surface area contributed by atoms with Crippen molar-refractivity contribution < 1.29 is 19.0 Å².